The summed E-state index contributed by atoms with van der Waals surface area (Å²) in [5.41, 5.74) is 3.45. The number of H-pyrrole nitrogens is 1. The molecule has 1 saturated heterocycles. The van der Waals surface area contributed by atoms with Gasteiger partial charge in [-0.1, -0.05) is 38.1 Å². The number of pyridine rings is 1. The molecule has 1 aromatic carbocycles. The Balaban J connectivity index is 1.72. The van der Waals surface area contributed by atoms with Crippen LogP contribution in [0.1, 0.15) is 19.4 Å². The van der Waals surface area contributed by atoms with Crippen molar-refractivity contribution in [2.45, 2.75) is 19.4 Å². The van der Waals surface area contributed by atoms with Crippen LogP contribution < -0.4 is 0 Å². The van der Waals surface area contributed by atoms with Gasteiger partial charge in [-0.2, -0.15) is 0 Å². The maximum absolute atomic E-state index is 11.5. The third-order valence-corrected chi connectivity index (χ3v) is 5.79. The van der Waals surface area contributed by atoms with Gasteiger partial charge in [0.2, 0.25) is 0 Å². The number of benzene rings is 1. The number of aromatic nitrogens is 2. The van der Waals surface area contributed by atoms with E-state index in [-0.39, 0.29) is 11.8 Å². The Labute approximate surface area is 148 Å². The van der Waals surface area contributed by atoms with Crippen molar-refractivity contribution in [3.63, 3.8) is 0 Å². The molecule has 1 aliphatic heterocycles. The average molecular weight is 335 g/mol. The summed E-state index contributed by atoms with van der Waals surface area (Å²) in [5.74, 6) is 0.397. The van der Waals surface area contributed by atoms with Gasteiger partial charge >= 0.3 is 0 Å². The minimum Gasteiger partial charge on any atom is -0.385 e. The SMILES string of the molecule is C[C@@H]1CN(C)C[C@H](C)[C@@]1(O)c1ccc(-c2ccnc3[nH]ccc23)cc1. The van der Waals surface area contributed by atoms with Gasteiger partial charge in [0.25, 0.3) is 0 Å². The molecule has 1 aliphatic rings. The van der Waals surface area contributed by atoms with Crippen LogP contribution in [0, 0.1) is 11.8 Å². The zero-order valence-electron chi connectivity index (χ0n) is 15.0. The molecule has 0 aliphatic carbocycles. The molecule has 4 nitrogen and oxygen atoms in total. The fourth-order valence-electron chi connectivity index (χ4n) is 4.47. The summed E-state index contributed by atoms with van der Waals surface area (Å²) in [4.78, 5) is 9.82. The van der Waals surface area contributed by atoms with E-state index in [1.165, 1.54) is 0 Å². The van der Waals surface area contributed by atoms with Crippen LogP contribution in [0.3, 0.4) is 0 Å². The smallest absolute Gasteiger partial charge is 0.137 e. The van der Waals surface area contributed by atoms with Crippen LogP contribution in [0.15, 0.2) is 48.8 Å². The van der Waals surface area contributed by atoms with Gasteiger partial charge in [0.1, 0.15) is 5.65 Å². The van der Waals surface area contributed by atoms with E-state index < -0.39 is 5.60 Å². The maximum atomic E-state index is 11.5. The molecular weight excluding hydrogens is 310 g/mol. The van der Waals surface area contributed by atoms with Crippen LogP contribution in [-0.4, -0.2) is 40.1 Å². The third kappa shape index (κ3) is 2.57. The fourth-order valence-corrected chi connectivity index (χ4v) is 4.47. The third-order valence-electron chi connectivity index (χ3n) is 5.79. The molecule has 3 atom stereocenters. The Morgan fingerprint density at radius 1 is 1.08 bits per heavy atom. The van der Waals surface area contributed by atoms with Crippen molar-refractivity contribution < 1.29 is 5.11 Å². The molecular formula is C21H25N3O. The molecule has 2 N–H and O–H groups in total. The minimum atomic E-state index is -0.771. The van der Waals surface area contributed by atoms with Gasteiger partial charge in [-0.05, 0) is 35.9 Å². The number of aromatic amines is 1. The lowest BCUT2D eigenvalue weighted by Crippen LogP contribution is -2.53. The van der Waals surface area contributed by atoms with Crippen molar-refractivity contribution in [1.29, 1.82) is 0 Å². The largest absolute Gasteiger partial charge is 0.385 e. The highest BCUT2D eigenvalue weighted by Crippen LogP contribution is 2.41. The molecule has 0 unspecified atom stereocenters. The lowest BCUT2D eigenvalue weighted by atomic mass is 9.71. The Morgan fingerprint density at radius 3 is 2.44 bits per heavy atom. The minimum absolute atomic E-state index is 0.199. The number of likely N-dealkylation sites (tertiary alicyclic amines) is 1. The molecule has 3 heterocycles. The van der Waals surface area contributed by atoms with Crippen molar-refractivity contribution in [2.75, 3.05) is 20.1 Å². The van der Waals surface area contributed by atoms with Crippen LogP contribution in [0.25, 0.3) is 22.2 Å². The first-order valence-corrected chi connectivity index (χ1v) is 8.94. The predicted octanol–water partition coefficient (Wildman–Crippen LogP) is 3.64. The number of rotatable bonds is 2. The summed E-state index contributed by atoms with van der Waals surface area (Å²) in [5, 5.41) is 12.6. The summed E-state index contributed by atoms with van der Waals surface area (Å²) >= 11 is 0. The number of hydrogen-bond acceptors (Lipinski definition) is 3. The first-order valence-electron chi connectivity index (χ1n) is 8.94. The molecule has 0 spiro atoms. The molecule has 0 radical (unpaired) electrons. The zero-order valence-corrected chi connectivity index (χ0v) is 15.0. The Bertz CT molecular complexity index is 872. The van der Waals surface area contributed by atoms with E-state index in [4.69, 9.17) is 0 Å². The molecule has 4 rings (SSSR count). The Kier molecular flexibility index (Phi) is 3.89. The van der Waals surface area contributed by atoms with E-state index in [1.807, 2.05) is 18.5 Å². The van der Waals surface area contributed by atoms with Crippen molar-refractivity contribution in [2.24, 2.45) is 11.8 Å². The number of fused-ring (bicyclic) bond motifs is 1. The standard InChI is InChI=1S/C21H25N3O/c1-14-12-24(3)13-15(2)21(14,25)17-6-4-16(5-7-17)18-8-10-22-20-19(18)9-11-23-20/h4-11,14-15,25H,12-13H2,1-3H3,(H,22,23)/t14-,15+,21-. The molecule has 0 saturated carbocycles. The molecule has 0 amide bonds. The van der Waals surface area contributed by atoms with Gasteiger partial charge in [-0.3, -0.25) is 0 Å². The fraction of sp³-hybridized carbons (Fsp3) is 0.381. The molecule has 130 valence electrons. The second-order valence-electron chi connectivity index (χ2n) is 7.52. The normalized spacial score (nSPS) is 27.7. The highest BCUT2D eigenvalue weighted by Gasteiger charge is 2.44. The number of hydrogen-bond donors (Lipinski definition) is 2. The van der Waals surface area contributed by atoms with Gasteiger partial charge in [0.05, 0.1) is 5.60 Å². The summed E-state index contributed by atoms with van der Waals surface area (Å²) < 4.78 is 0. The molecule has 4 heteroatoms. The zero-order chi connectivity index (χ0) is 17.6. The molecule has 1 fully saturated rings. The van der Waals surface area contributed by atoms with E-state index in [0.29, 0.717) is 0 Å². The number of nitrogens with one attached hydrogen (secondary N) is 1. The highest BCUT2D eigenvalue weighted by atomic mass is 16.3. The van der Waals surface area contributed by atoms with E-state index in [0.717, 1.165) is 40.8 Å². The Hall–Kier alpha value is -2.17. The molecule has 25 heavy (non-hydrogen) atoms. The van der Waals surface area contributed by atoms with Gasteiger partial charge in [0, 0.05) is 42.7 Å². The lowest BCUT2D eigenvalue weighted by molar-refractivity contribution is -0.108. The summed E-state index contributed by atoms with van der Waals surface area (Å²) in [6, 6.07) is 12.5. The summed E-state index contributed by atoms with van der Waals surface area (Å²) in [6.45, 7) is 6.12. The molecule has 0 bridgehead atoms. The van der Waals surface area contributed by atoms with Crippen LogP contribution in [0.4, 0.5) is 0 Å². The van der Waals surface area contributed by atoms with Gasteiger partial charge < -0.3 is 15.0 Å². The maximum Gasteiger partial charge on any atom is 0.137 e. The molecule has 3 aromatic rings. The van der Waals surface area contributed by atoms with E-state index in [9.17, 15) is 5.11 Å². The first kappa shape index (κ1) is 16.3. The second kappa shape index (κ2) is 5.97. The summed E-state index contributed by atoms with van der Waals surface area (Å²) in [6.07, 6.45) is 3.75. The number of nitrogens with zero attached hydrogens (tertiary/aromatic N) is 2. The topological polar surface area (TPSA) is 52.1 Å². The van der Waals surface area contributed by atoms with Crippen molar-refractivity contribution in [3.05, 3.63) is 54.4 Å². The molecule has 2 aromatic heterocycles. The quantitative estimate of drug-likeness (QED) is 0.752. The van der Waals surface area contributed by atoms with Crippen molar-refractivity contribution >= 4 is 11.0 Å². The number of piperidine rings is 1. The first-order chi connectivity index (χ1) is 12.0. The van der Waals surface area contributed by atoms with Crippen LogP contribution >= 0.6 is 0 Å². The Morgan fingerprint density at radius 2 is 1.76 bits per heavy atom. The van der Waals surface area contributed by atoms with Gasteiger partial charge in [-0.15, -0.1) is 0 Å². The van der Waals surface area contributed by atoms with Crippen molar-refractivity contribution in [3.8, 4) is 11.1 Å². The van der Waals surface area contributed by atoms with Crippen molar-refractivity contribution in [1.82, 2.24) is 14.9 Å². The predicted molar refractivity (Wildman–Crippen MR) is 101 cm³/mol. The lowest BCUT2D eigenvalue weighted by Gasteiger charge is -2.47. The van der Waals surface area contributed by atoms with E-state index in [2.05, 4.69) is 66.1 Å². The van der Waals surface area contributed by atoms with Crippen LogP contribution in [-0.2, 0) is 5.60 Å². The van der Waals surface area contributed by atoms with Crippen LogP contribution in [0.5, 0.6) is 0 Å². The summed E-state index contributed by atoms with van der Waals surface area (Å²) in [7, 11) is 2.13. The van der Waals surface area contributed by atoms with E-state index in [1.54, 1.807) is 0 Å². The van der Waals surface area contributed by atoms with Gasteiger partial charge in [-0.25, -0.2) is 4.98 Å². The average Bonchev–Trinajstić information content (AvgIpc) is 3.08. The van der Waals surface area contributed by atoms with Gasteiger partial charge in [0.15, 0.2) is 0 Å². The highest BCUT2D eigenvalue weighted by molar-refractivity contribution is 5.92. The van der Waals surface area contributed by atoms with Crippen LogP contribution in [0.2, 0.25) is 0 Å². The monoisotopic (exact) mass is 335 g/mol. The second-order valence-corrected chi connectivity index (χ2v) is 7.52. The van der Waals surface area contributed by atoms with E-state index >= 15 is 0 Å². The number of aliphatic hydroxyl groups is 1.